The topological polar surface area (TPSA) is 55.8 Å². The van der Waals surface area contributed by atoms with Crippen LogP contribution in [0.5, 0.6) is 17.2 Å². The number of carboxylic acid groups (broad SMARTS) is 1. The average Bonchev–Trinajstić information content (AvgIpc) is 2.43. The summed E-state index contributed by atoms with van der Waals surface area (Å²) in [6.45, 7) is 1.48. The molecule has 0 amide bonds. The van der Waals surface area contributed by atoms with Crippen molar-refractivity contribution >= 4 is 21.9 Å². The van der Waals surface area contributed by atoms with Gasteiger partial charge in [0.1, 0.15) is 17.2 Å². The Morgan fingerprint density at radius 2 is 1.70 bits per heavy atom. The molecule has 1 atom stereocenters. The highest BCUT2D eigenvalue weighted by Crippen LogP contribution is 2.30. The Balaban J connectivity index is 2.05. The number of carboxylic acids is 1. The maximum Gasteiger partial charge on any atom is 0.344 e. The van der Waals surface area contributed by atoms with Gasteiger partial charge in [0.2, 0.25) is 0 Å². The second-order valence-corrected chi connectivity index (χ2v) is 4.96. The van der Waals surface area contributed by atoms with Crippen LogP contribution in [0.25, 0.3) is 0 Å². The Morgan fingerprint density at radius 1 is 1.10 bits per heavy atom. The van der Waals surface area contributed by atoms with Crippen LogP contribution in [0.1, 0.15) is 6.92 Å². The molecule has 104 valence electrons. The number of hydrogen-bond acceptors (Lipinski definition) is 3. The summed E-state index contributed by atoms with van der Waals surface area (Å²) in [5.74, 6) is 0.838. The second kappa shape index (κ2) is 6.43. The number of carbonyl (C=O) groups is 1. The van der Waals surface area contributed by atoms with Crippen molar-refractivity contribution in [3.8, 4) is 17.2 Å². The Kier molecular flexibility index (Phi) is 4.63. The summed E-state index contributed by atoms with van der Waals surface area (Å²) in [7, 11) is 0. The zero-order chi connectivity index (χ0) is 14.5. The Morgan fingerprint density at radius 3 is 2.30 bits per heavy atom. The van der Waals surface area contributed by atoms with E-state index in [0.717, 1.165) is 4.47 Å². The Bertz CT molecular complexity index is 595. The van der Waals surface area contributed by atoms with E-state index in [1.807, 2.05) is 24.3 Å². The van der Waals surface area contributed by atoms with Crippen LogP contribution < -0.4 is 9.47 Å². The van der Waals surface area contributed by atoms with Crippen LogP contribution in [0.3, 0.4) is 0 Å². The van der Waals surface area contributed by atoms with Gasteiger partial charge in [-0.3, -0.25) is 0 Å². The number of benzene rings is 2. The molecule has 0 radical (unpaired) electrons. The first-order valence-electron chi connectivity index (χ1n) is 5.98. The lowest BCUT2D eigenvalue weighted by Gasteiger charge is -2.11. The first-order chi connectivity index (χ1) is 9.56. The molecule has 0 bridgehead atoms. The van der Waals surface area contributed by atoms with Crippen molar-refractivity contribution in [2.24, 2.45) is 0 Å². The lowest BCUT2D eigenvalue weighted by Crippen LogP contribution is -2.22. The lowest BCUT2D eigenvalue weighted by molar-refractivity contribution is -0.144. The SMILES string of the molecule is CC(Oc1ccc(Oc2ccccc2Br)cc1)C(=O)O. The first kappa shape index (κ1) is 14.4. The third kappa shape index (κ3) is 3.74. The number of hydrogen-bond donors (Lipinski definition) is 1. The summed E-state index contributed by atoms with van der Waals surface area (Å²) in [5.41, 5.74) is 0. The van der Waals surface area contributed by atoms with E-state index < -0.39 is 12.1 Å². The van der Waals surface area contributed by atoms with Crippen molar-refractivity contribution in [1.82, 2.24) is 0 Å². The maximum atomic E-state index is 10.7. The van der Waals surface area contributed by atoms with Crippen LogP contribution in [0.2, 0.25) is 0 Å². The van der Waals surface area contributed by atoms with E-state index in [0.29, 0.717) is 17.2 Å². The minimum atomic E-state index is -1.00. The molecule has 1 N–H and O–H groups in total. The average molecular weight is 337 g/mol. The molecule has 20 heavy (non-hydrogen) atoms. The molecular weight excluding hydrogens is 324 g/mol. The predicted octanol–water partition coefficient (Wildman–Crippen LogP) is 4.09. The van der Waals surface area contributed by atoms with Gasteiger partial charge in [0.05, 0.1) is 4.47 Å². The summed E-state index contributed by atoms with van der Waals surface area (Å²) in [6, 6.07) is 14.3. The number of para-hydroxylation sites is 1. The molecule has 0 aliphatic heterocycles. The number of rotatable bonds is 5. The molecule has 2 rings (SSSR count). The monoisotopic (exact) mass is 336 g/mol. The molecule has 0 aliphatic carbocycles. The van der Waals surface area contributed by atoms with Gasteiger partial charge in [-0.15, -0.1) is 0 Å². The molecule has 0 aromatic heterocycles. The van der Waals surface area contributed by atoms with E-state index in [1.165, 1.54) is 6.92 Å². The standard InChI is InChI=1S/C15H13BrO4/c1-10(15(17)18)19-11-6-8-12(9-7-11)20-14-5-3-2-4-13(14)16/h2-10H,1H3,(H,17,18). The van der Waals surface area contributed by atoms with Crippen LogP contribution in [0.15, 0.2) is 53.0 Å². The van der Waals surface area contributed by atoms with Crippen LogP contribution >= 0.6 is 15.9 Å². The van der Waals surface area contributed by atoms with Crippen molar-refractivity contribution in [2.45, 2.75) is 13.0 Å². The first-order valence-corrected chi connectivity index (χ1v) is 6.77. The van der Waals surface area contributed by atoms with E-state index in [-0.39, 0.29) is 0 Å². The zero-order valence-corrected chi connectivity index (χ0v) is 12.3. The fourth-order valence-corrected chi connectivity index (χ4v) is 1.86. The zero-order valence-electron chi connectivity index (χ0n) is 10.7. The van der Waals surface area contributed by atoms with Gasteiger partial charge in [0, 0.05) is 0 Å². The third-order valence-corrected chi connectivity index (χ3v) is 3.20. The largest absolute Gasteiger partial charge is 0.479 e. The fraction of sp³-hybridized carbons (Fsp3) is 0.133. The highest BCUT2D eigenvalue weighted by atomic mass is 79.9. The Hall–Kier alpha value is -2.01. The normalized spacial score (nSPS) is 11.7. The highest BCUT2D eigenvalue weighted by molar-refractivity contribution is 9.10. The molecular formula is C15H13BrO4. The van der Waals surface area contributed by atoms with Crippen molar-refractivity contribution < 1.29 is 19.4 Å². The van der Waals surface area contributed by atoms with Gasteiger partial charge in [0.25, 0.3) is 0 Å². The fourth-order valence-electron chi connectivity index (χ4n) is 1.50. The minimum absolute atomic E-state index is 0.486. The number of ether oxygens (including phenoxy) is 2. The van der Waals surface area contributed by atoms with Crippen LogP contribution in [-0.4, -0.2) is 17.2 Å². The van der Waals surface area contributed by atoms with Crippen molar-refractivity contribution in [1.29, 1.82) is 0 Å². The van der Waals surface area contributed by atoms with Crippen LogP contribution in [0.4, 0.5) is 0 Å². The molecule has 0 fully saturated rings. The molecule has 1 unspecified atom stereocenters. The Labute approximate surface area is 125 Å². The summed E-state index contributed by atoms with van der Waals surface area (Å²) < 4.78 is 11.8. The van der Waals surface area contributed by atoms with Crippen molar-refractivity contribution in [2.75, 3.05) is 0 Å². The molecule has 0 saturated carbocycles. The molecule has 0 spiro atoms. The summed E-state index contributed by atoms with van der Waals surface area (Å²) >= 11 is 3.40. The van der Waals surface area contributed by atoms with Gasteiger partial charge in [-0.25, -0.2) is 4.79 Å². The molecule has 2 aromatic carbocycles. The van der Waals surface area contributed by atoms with Gasteiger partial charge in [-0.2, -0.15) is 0 Å². The van der Waals surface area contributed by atoms with Gasteiger partial charge in [-0.1, -0.05) is 12.1 Å². The number of halogens is 1. The minimum Gasteiger partial charge on any atom is -0.479 e. The molecule has 0 heterocycles. The smallest absolute Gasteiger partial charge is 0.344 e. The van der Waals surface area contributed by atoms with Crippen molar-refractivity contribution in [3.05, 3.63) is 53.0 Å². The quantitative estimate of drug-likeness (QED) is 0.893. The molecule has 2 aromatic rings. The van der Waals surface area contributed by atoms with E-state index in [4.69, 9.17) is 14.6 Å². The maximum absolute atomic E-state index is 10.7. The van der Waals surface area contributed by atoms with Crippen LogP contribution in [-0.2, 0) is 4.79 Å². The van der Waals surface area contributed by atoms with Crippen LogP contribution in [0, 0.1) is 0 Å². The summed E-state index contributed by atoms with van der Waals surface area (Å²) in [4.78, 5) is 10.7. The summed E-state index contributed by atoms with van der Waals surface area (Å²) in [6.07, 6.45) is -0.884. The van der Waals surface area contributed by atoms with Gasteiger partial charge in [-0.05, 0) is 59.3 Å². The predicted molar refractivity (Wildman–Crippen MR) is 78.4 cm³/mol. The van der Waals surface area contributed by atoms with E-state index in [2.05, 4.69) is 15.9 Å². The second-order valence-electron chi connectivity index (χ2n) is 4.10. The molecule has 0 saturated heterocycles. The molecule has 4 nitrogen and oxygen atoms in total. The van der Waals surface area contributed by atoms with E-state index in [1.54, 1.807) is 24.3 Å². The third-order valence-electron chi connectivity index (χ3n) is 2.55. The highest BCUT2D eigenvalue weighted by Gasteiger charge is 2.12. The summed E-state index contributed by atoms with van der Waals surface area (Å²) in [5, 5.41) is 8.77. The molecule has 5 heteroatoms. The molecule has 0 aliphatic rings. The number of aliphatic carboxylic acids is 1. The van der Waals surface area contributed by atoms with E-state index in [9.17, 15) is 4.79 Å². The van der Waals surface area contributed by atoms with Gasteiger partial charge < -0.3 is 14.6 Å². The van der Waals surface area contributed by atoms with Crippen molar-refractivity contribution in [3.63, 3.8) is 0 Å². The lowest BCUT2D eigenvalue weighted by atomic mass is 10.3. The van der Waals surface area contributed by atoms with Gasteiger partial charge in [0.15, 0.2) is 6.10 Å². The van der Waals surface area contributed by atoms with Gasteiger partial charge >= 0.3 is 5.97 Å². The van der Waals surface area contributed by atoms with E-state index >= 15 is 0 Å².